The Bertz CT molecular complexity index is 740. The van der Waals surface area contributed by atoms with E-state index in [1.807, 2.05) is 41.3 Å². The highest BCUT2D eigenvalue weighted by Crippen LogP contribution is 2.23. The molecule has 112 valence electrons. The van der Waals surface area contributed by atoms with Gasteiger partial charge in [-0.25, -0.2) is 4.68 Å². The molecule has 0 N–H and O–H groups in total. The number of hydrogen-bond donors (Lipinski definition) is 0. The van der Waals surface area contributed by atoms with E-state index >= 15 is 0 Å². The maximum absolute atomic E-state index is 5.19. The summed E-state index contributed by atoms with van der Waals surface area (Å²) >= 11 is 0. The summed E-state index contributed by atoms with van der Waals surface area (Å²) in [7, 11) is 1.67. The number of ether oxygens (including phenoxy) is 1. The van der Waals surface area contributed by atoms with Crippen molar-refractivity contribution < 1.29 is 4.74 Å². The molecule has 0 atom stereocenters. The maximum Gasteiger partial charge on any atom is 0.118 e. The number of aromatic nitrogens is 2. The lowest BCUT2D eigenvalue weighted by atomic mass is 10.0. The van der Waals surface area contributed by atoms with Gasteiger partial charge < -0.3 is 4.74 Å². The van der Waals surface area contributed by atoms with Gasteiger partial charge in [-0.1, -0.05) is 38.1 Å². The predicted octanol–water partition coefficient (Wildman–Crippen LogP) is 4.67. The van der Waals surface area contributed by atoms with Crippen LogP contribution in [0.3, 0.4) is 0 Å². The molecule has 0 saturated carbocycles. The number of rotatable bonds is 4. The van der Waals surface area contributed by atoms with Crippen molar-refractivity contribution in [1.82, 2.24) is 9.78 Å². The van der Waals surface area contributed by atoms with Gasteiger partial charge in [-0.2, -0.15) is 5.10 Å². The van der Waals surface area contributed by atoms with Crippen LogP contribution in [0.5, 0.6) is 5.75 Å². The highest BCUT2D eigenvalue weighted by molar-refractivity contribution is 5.63. The number of methoxy groups -OCH3 is 1. The molecule has 3 rings (SSSR count). The van der Waals surface area contributed by atoms with Gasteiger partial charge in [0.15, 0.2) is 0 Å². The van der Waals surface area contributed by atoms with E-state index < -0.39 is 0 Å². The third-order valence-corrected chi connectivity index (χ3v) is 3.83. The quantitative estimate of drug-likeness (QED) is 0.698. The Balaban J connectivity index is 1.86. The molecule has 1 heterocycles. The van der Waals surface area contributed by atoms with Crippen LogP contribution in [-0.2, 0) is 0 Å². The van der Waals surface area contributed by atoms with Crippen LogP contribution in [0, 0.1) is 0 Å². The summed E-state index contributed by atoms with van der Waals surface area (Å²) in [6, 6.07) is 16.6. The molecule has 0 fully saturated rings. The summed E-state index contributed by atoms with van der Waals surface area (Å²) in [5.41, 5.74) is 4.64. The summed E-state index contributed by atoms with van der Waals surface area (Å²) in [5, 5.41) is 4.47. The van der Waals surface area contributed by atoms with Crippen LogP contribution in [0.1, 0.15) is 25.3 Å². The second-order valence-electron chi connectivity index (χ2n) is 5.65. The van der Waals surface area contributed by atoms with Crippen LogP contribution in [0.2, 0.25) is 0 Å². The van der Waals surface area contributed by atoms with E-state index in [2.05, 4.69) is 43.2 Å². The van der Waals surface area contributed by atoms with Gasteiger partial charge in [0.1, 0.15) is 5.75 Å². The topological polar surface area (TPSA) is 27.1 Å². The molecule has 0 radical (unpaired) electrons. The molecule has 22 heavy (non-hydrogen) atoms. The van der Waals surface area contributed by atoms with Crippen LogP contribution in [0.15, 0.2) is 60.9 Å². The molecular formula is C19H20N2O. The van der Waals surface area contributed by atoms with Gasteiger partial charge in [0.2, 0.25) is 0 Å². The van der Waals surface area contributed by atoms with Gasteiger partial charge in [-0.15, -0.1) is 0 Å². The van der Waals surface area contributed by atoms with Crippen LogP contribution >= 0.6 is 0 Å². The zero-order valence-corrected chi connectivity index (χ0v) is 13.2. The lowest BCUT2D eigenvalue weighted by Gasteiger charge is -2.06. The molecule has 0 spiro atoms. The van der Waals surface area contributed by atoms with Crippen molar-refractivity contribution in [1.29, 1.82) is 0 Å². The van der Waals surface area contributed by atoms with E-state index in [0.29, 0.717) is 5.92 Å². The van der Waals surface area contributed by atoms with Crippen LogP contribution < -0.4 is 4.74 Å². The van der Waals surface area contributed by atoms with Crippen LogP contribution in [0.4, 0.5) is 0 Å². The number of benzene rings is 2. The Morgan fingerprint density at radius 1 is 0.909 bits per heavy atom. The molecule has 1 aromatic heterocycles. The van der Waals surface area contributed by atoms with Crippen LogP contribution in [0.25, 0.3) is 16.8 Å². The van der Waals surface area contributed by atoms with Gasteiger partial charge in [0, 0.05) is 11.8 Å². The standard InChI is InChI=1S/C19H20N2O/c1-14(2)15-4-8-18(9-5-15)21-13-17(12-20-21)16-6-10-19(22-3)11-7-16/h4-14H,1-3H3. The molecule has 0 saturated heterocycles. The third-order valence-electron chi connectivity index (χ3n) is 3.83. The smallest absolute Gasteiger partial charge is 0.118 e. The normalized spacial score (nSPS) is 10.9. The summed E-state index contributed by atoms with van der Waals surface area (Å²) in [4.78, 5) is 0. The van der Waals surface area contributed by atoms with Gasteiger partial charge in [0.05, 0.1) is 19.0 Å². The zero-order chi connectivity index (χ0) is 15.5. The molecule has 0 aliphatic heterocycles. The Morgan fingerprint density at radius 3 is 2.18 bits per heavy atom. The average Bonchev–Trinajstić information content (AvgIpc) is 3.05. The van der Waals surface area contributed by atoms with Crippen molar-refractivity contribution >= 4 is 0 Å². The predicted molar refractivity (Wildman–Crippen MR) is 89.6 cm³/mol. The summed E-state index contributed by atoms with van der Waals surface area (Å²) < 4.78 is 7.10. The average molecular weight is 292 g/mol. The Morgan fingerprint density at radius 2 is 1.59 bits per heavy atom. The van der Waals surface area contributed by atoms with Crippen molar-refractivity contribution in [2.75, 3.05) is 7.11 Å². The fourth-order valence-corrected chi connectivity index (χ4v) is 2.41. The molecule has 0 unspecified atom stereocenters. The number of hydrogen-bond acceptors (Lipinski definition) is 2. The van der Waals surface area contributed by atoms with E-state index in [1.165, 1.54) is 5.56 Å². The summed E-state index contributed by atoms with van der Waals surface area (Å²) in [5.74, 6) is 1.40. The van der Waals surface area contributed by atoms with Crippen molar-refractivity contribution in [2.45, 2.75) is 19.8 Å². The molecule has 3 aromatic rings. The minimum absolute atomic E-state index is 0.543. The van der Waals surface area contributed by atoms with Gasteiger partial charge in [-0.05, 0) is 41.3 Å². The van der Waals surface area contributed by atoms with Gasteiger partial charge >= 0.3 is 0 Å². The highest BCUT2D eigenvalue weighted by atomic mass is 16.5. The minimum Gasteiger partial charge on any atom is -0.497 e. The van der Waals surface area contributed by atoms with Crippen molar-refractivity contribution in [3.63, 3.8) is 0 Å². The summed E-state index contributed by atoms with van der Waals surface area (Å²) in [6.07, 6.45) is 3.93. The Hall–Kier alpha value is -2.55. The molecule has 0 bridgehead atoms. The Kier molecular flexibility index (Phi) is 3.96. The number of nitrogens with zero attached hydrogens (tertiary/aromatic N) is 2. The van der Waals surface area contributed by atoms with Gasteiger partial charge in [0.25, 0.3) is 0 Å². The first-order valence-corrected chi connectivity index (χ1v) is 7.47. The minimum atomic E-state index is 0.543. The zero-order valence-electron chi connectivity index (χ0n) is 13.2. The first-order chi connectivity index (χ1) is 10.7. The SMILES string of the molecule is COc1ccc(-c2cnn(-c3ccc(C(C)C)cc3)c2)cc1. The largest absolute Gasteiger partial charge is 0.497 e. The monoisotopic (exact) mass is 292 g/mol. The fourth-order valence-electron chi connectivity index (χ4n) is 2.41. The van der Waals surface area contributed by atoms with Crippen LogP contribution in [-0.4, -0.2) is 16.9 Å². The molecule has 0 amide bonds. The van der Waals surface area contributed by atoms with E-state index in [-0.39, 0.29) is 0 Å². The van der Waals surface area contributed by atoms with E-state index in [9.17, 15) is 0 Å². The van der Waals surface area contributed by atoms with E-state index in [0.717, 1.165) is 22.6 Å². The van der Waals surface area contributed by atoms with E-state index in [4.69, 9.17) is 4.74 Å². The fraction of sp³-hybridized carbons (Fsp3) is 0.211. The maximum atomic E-state index is 5.19. The molecule has 0 aliphatic rings. The first kappa shape index (κ1) is 14.4. The molecule has 0 aliphatic carbocycles. The molecular weight excluding hydrogens is 272 g/mol. The second kappa shape index (κ2) is 6.06. The van der Waals surface area contributed by atoms with Crippen molar-refractivity contribution in [3.8, 4) is 22.6 Å². The third kappa shape index (κ3) is 2.89. The lowest BCUT2D eigenvalue weighted by Crippen LogP contribution is -1.95. The highest BCUT2D eigenvalue weighted by Gasteiger charge is 2.05. The van der Waals surface area contributed by atoms with Crippen molar-refractivity contribution in [2.24, 2.45) is 0 Å². The van der Waals surface area contributed by atoms with Gasteiger partial charge in [-0.3, -0.25) is 0 Å². The Labute approximate surface area is 131 Å². The first-order valence-electron chi connectivity index (χ1n) is 7.47. The lowest BCUT2D eigenvalue weighted by molar-refractivity contribution is 0.415. The van der Waals surface area contributed by atoms with E-state index in [1.54, 1.807) is 7.11 Å². The molecule has 2 aromatic carbocycles. The molecule has 3 nitrogen and oxygen atoms in total. The second-order valence-corrected chi connectivity index (χ2v) is 5.65. The molecule has 3 heteroatoms. The van der Waals surface area contributed by atoms with Crippen molar-refractivity contribution in [3.05, 3.63) is 66.5 Å². The summed E-state index contributed by atoms with van der Waals surface area (Å²) in [6.45, 7) is 4.40.